The normalized spacial score (nSPS) is 21.0. The minimum Gasteiger partial charge on any atom is -0.423 e. The van der Waals surface area contributed by atoms with Gasteiger partial charge in [0.25, 0.3) is 6.01 Å². The second-order valence-corrected chi connectivity index (χ2v) is 4.07. The van der Waals surface area contributed by atoms with E-state index in [1.165, 1.54) is 0 Å². The van der Waals surface area contributed by atoms with Gasteiger partial charge in [0.1, 0.15) is 5.52 Å². The average Bonchev–Trinajstić information content (AvgIpc) is 2.82. The number of aliphatic hydroxyl groups excluding tert-OH is 1. The Morgan fingerprint density at radius 1 is 1.41 bits per heavy atom. The van der Waals surface area contributed by atoms with Crippen LogP contribution in [0.25, 0.3) is 11.1 Å². The summed E-state index contributed by atoms with van der Waals surface area (Å²) in [5.74, 6) is 0. The molecular weight excluding hydrogens is 220 g/mol. The third kappa shape index (κ3) is 1.87. The van der Waals surface area contributed by atoms with E-state index in [1.54, 1.807) is 0 Å². The molecule has 1 aromatic carbocycles. The SMILES string of the molecule is OCC1COCCN1c1nc2ccccc2o1. The molecule has 0 aliphatic carbocycles. The quantitative estimate of drug-likeness (QED) is 0.840. The smallest absolute Gasteiger partial charge is 0.298 e. The van der Waals surface area contributed by atoms with Gasteiger partial charge in [-0.3, -0.25) is 0 Å². The molecule has 0 radical (unpaired) electrons. The van der Waals surface area contributed by atoms with Gasteiger partial charge in [-0.15, -0.1) is 0 Å². The molecular formula is C12H14N2O3. The van der Waals surface area contributed by atoms with E-state index >= 15 is 0 Å². The van der Waals surface area contributed by atoms with Crippen molar-refractivity contribution in [3.05, 3.63) is 24.3 Å². The molecule has 17 heavy (non-hydrogen) atoms. The molecule has 1 aliphatic heterocycles. The minimum absolute atomic E-state index is 0.0404. The number of hydrogen-bond donors (Lipinski definition) is 1. The van der Waals surface area contributed by atoms with Crippen molar-refractivity contribution >= 4 is 17.1 Å². The van der Waals surface area contributed by atoms with E-state index in [-0.39, 0.29) is 12.6 Å². The molecule has 1 saturated heterocycles. The van der Waals surface area contributed by atoms with E-state index in [0.29, 0.717) is 25.8 Å². The standard InChI is InChI=1S/C12H14N2O3/c15-7-9-8-16-6-5-14(9)12-13-10-3-1-2-4-11(10)17-12/h1-4,9,15H,5-8H2. The summed E-state index contributed by atoms with van der Waals surface area (Å²) in [5.41, 5.74) is 1.61. The molecule has 5 nitrogen and oxygen atoms in total. The van der Waals surface area contributed by atoms with Gasteiger partial charge >= 0.3 is 0 Å². The summed E-state index contributed by atoms with van der Waals surface area (Å²) >= 11 is 0. The number of oxazole rings is 1. The highest BCUT2D eigenvalue weighted by atomic mass is 16.5. The molecule has 5 heteroatoms. The summed E-state index contributed by atoms with van der Waals surface area (Å²) < 4.78 is 11.0. The fourth-order valence-electron chi connectivity index (χ4n) is 2.04. The highest BCUT2D eigenvalue weighted by Gasteiger charge is 2.26. The number of aliphatic hydroxyl groups is 1. The van der Waals surface area contributed by atoms with Gasteiger partial charge in [0, 0.05) is 6.54 Å². The summed E-state index contributed by atoms with van der Waals surface area (Å²) in [6.45, 7) is 1.88. The summed E-state index contributed by atoms with van der Waals surface area (Å²) in [6.07, 6.45) is 0. The van der Waals surface area contributed by atoms with Gasteiger partial charge in [-0.25, -0.2) is 0 Å². The number of fused-ring (bicyclic) bond motifs is 1. The Morgan fingerprint density at radius 2 is 2.29 bits per heavy atom. The Hall–Kier alpha value is -1.59. The number of anilines is 1. The van der Waals surface area contributed by atoms with E-state index in [0.717, 1.165) is 11.1 Å². The van der Waals surface area contributed by atoms with Crippen LogP contribution in [0.1, 0.15) is 0 Å². The van der Waals surface area contributed by atoms with Crippen molar-refractivity contribution in [3.63, 3.8) is 0 Å². The number of ether oxygens (including phenoxy) is 1. The number of aromatic nitrogens is 1. The number of rotatable bonds is 2. The molecule has 0 amide bonds. The molecule has 2 heterocycles. The molecule has 0 bridgehead atoms. The highest BCUT2D eigenvalue weighted by Crippen LogP contribution is 2.24. The maximum absolute atomic E-state index is 9.31. The van der Waals surface area contributed by atoms with Gasteiger partial charge in [-0.05, 0) is 12.1 Å². The Bertz CT molecular complexity index is 478. The summed E-state index contributed by atoms with van der Waals surface area (Å²) in [4.78, 5) is 6.39. The maximum Gasteiger partial charge on any atom is 0.298 e. The first-order valence-electron chi connectivity index (χ1n) is 5.69. The number of morpholine rings is 1. The summed E-state index contributed by atoms with van der Waals surface area (Å²) in [7, 11) is 0. The second-order valence-electron chi connectivity index (χ2n) is 4.07. The molecule has 1 atom stereocenters. The third-order valence-corrected chi connectivity index (χ3v) is 2.97. The molecule has 1 aliphatic rings. The van der Waals surface area contributed by atoms with E-state index in [2.05, 4.69) is 4.98 Å². The average molecular weight is 234 g/mol. The van der Waals surface area contributed by atoms with Crippen LogP contribution in [0, 0.1) is 0 Å². The van der Waals surface area contributed by atoms with Crippen molar-refractivity contribution < 1.29 is 14.3 Å². The van der Waals surface area contributed by atoms with Crippen LogP contribution in [-0.2, 0) is 4.74 Å². The number of para-hydroxylation sites is 2. The maximum atomic E-state index is 9.31. The Labute approximate surface area is 98.6 Å². The molecule has 2 aromatic rings. The molecule has 0 saturated carbocycles. The predicted molar refractivity (Wildman–Crippen MR) is 63.0 cm³/mol. The predicted octanol–water partition coefficient (Wildman–Crippen LogP) is 1.03. The zero-order valence-electron chi connectivity index (χ0n) is 9.37. The fraction of sp³-hybridized carbons (Fsp3) is 0.417. The Kier molecular flexibility index (Phi) is 2.70. The van der Waals surface area contributed by atoms with E-state index < -0.39 is 0 Å². The lowest BCUT2D eigenvalue weighted by molar-refractivity contribution is 0.0700. The van der Waals surface area contributed by atoms with Crippen LogP contribution in [0.15, 0.2) is 28.7 Å². The molecule has 1 unspecified atom stereocenters. The van der Waals surface area contributed by atoms with Gasteiger partial charge in [0.15, 0.2) is 5.58 Å². The van der Waals surface area contributed by atoms with Crippen LogP contribution in [0.4, 0.5) is 6.01 Å². The van der Waals surface area contributed by atoms with E-state index in [4.69, 9.17) is 9.15 Å². The summed E-state index contributed by atoms with van der Waals surface area (Å²) in [5, 5.41) is 9.31. The number of benzene rings is 1. The first kappa shape index (κ1) is 10.6. The Balaban J connectivity index is 1.96. The first-order valence-corrected chi connectivity index (χ1v) is 5.69. The van der Waals surface area contributed by atoms with Crippen molar-refractivity contribution in [2.24, 2.45) is 0 Å². The zero-order chi connectivity index (χ0) is 11.7. The highest BCUT2D eigenvalue weighted by molar-refractivity contribution is 5.74. The second kappa shape index (κ2) is 4.35. The molecule has 90 valence electrons. The van der Waals surface area contributed by atoms with E-state index in [9.17, 15) is 5.11 Å². The largest absolute Gasteiger partial charge is 0.423 e. The van der Waals surface area contributed by atoms with Gasteiger partial charge in [-0.2, -0.15) is 4.98 Å². The van der Waals surface area contributed by atoms with Gasteiger partial charge < -0.3 is 19.2 Å². The molecule has 1 aromatic heterocycles. The molecule has 0 spiro atoms. The van der Waals surface area contributed by atoms with Gasteiger partial charge in [0.05, 0.1) is 25.9 Å². The lowest BCUT2D eigenvalue weighted by Crippen LogP contribution is -2.47. The lowest BCUT2D eigenvalue weighted by atomic mass is 10.2. The van der Waals surface area contributed by atoms with Crippen molar-refractivity contribution in [2.75, 3.05) is 31.3 Å². The van der Waals surface area contributed by atoms with Crippen LogP contribution in [0.5, 0.6) is 0 Å². The van der Waals surface area contributed by atoms with Crippen molar-refractivity contribution in [2.45, 2.75) is 6.04 Å². The topological polar surface area (TPSA) is 58.7 Å². The minimum atomic E-state index is -0.0724. The fourth-order valence-corrected chi connectivity index (χ4v) is 2.04. The first-order chi connectivity index (χ1) is 8.38. The summed E-state index contributed by atoms with van der Waals surface area (Å²) in [6, 6.07) is 8.14. The van der Waals surface area contributed by atoms with Crippen molar-refractivity contribution in [3.8, 4) is 0 Å². The van der Waals surface area contributed by atoms with Gasteiger partial charge in [-0.1, -0.05) is 12.1 Å². The molecule has 1 fully saturated rings. The monoisotopic (exact) mass is 234 g/mol. The van der Waals surface area contributed by atoms with Crippen LogP contribution < -0.4 is 4.90 Å². The third-order valence-electron chi connectivity index (χ3n) is 2.97. The van der Waals surface area contributed by atoms with Crippen LogP contribution in [-0.4, -0.2) is 42.5 Å². The Morgan fingerprint density at radius 3 is 3.12 bits per heavy atom. The van der Waals surface area contributed by atoms with Crippen molar-refractivity contribution in [1.29, 1.82) is 0 Å². The number of hydrogen-bond acceptors (Lipinski definition) is 5. The van der Waals surface area contributed by atoms with Crippen LogP contribution >= 0.6 is 0 Å². The van der Waals surface area contributed by atoms with Crippen molar-refractivity contribution in [1.82, 2.24) is 4.98 Å². The van der Waals surface area contributed by atoms with E-state index in [1.807, 2.05) is 29.2 Å². The van der Waals surface area contributed by atoms with Crippen LogP contribution in [0.2, 0.25) is 0 Å². The molecule has 3 rings (SSSR count). The number of nitrogens with zero attached hydrogens (tertiary/aromatic N) is 2. The van der Waals surface area contributed by atoms with Crippen LogP contribution in [0.3, 0.4) is 0 Å². The van der Waals surface area contributed by atoms with Gasteiger partial charge in [0.2, 0.25) is 0 Å². The molecule has 1 N–H and O–H groups in total. The lowest BCUT2D eigenvalue weighted by Gasteiger charge is -2.32. The zero-order valence-corrected chi connectivity index (χ0v) is 9.37.